The van der Waals surface area contributed by atoms with E-state index in [2.05, 4.69) is 5.32 Å². The Balaban J connectivity index is 1.67. The molecule has 5 nitrogen and oxygen atoms in total. The topological polar surface area (TPSA) is 58.6 Å². The van der Waals surface area contributed by atoms with Gasteiger partial charge in [0.05, 0.1) is 18.7 Å². The van der Waals surface area contributed by atoms with E-state index in [9.17, 15) is 14.0 Å². The molecule has 0 radical (unpaired) electrons. The number of amides is 2. The third kappa shape index (κ3) is 4.78. The summed E-state index contributed by atoms with van der Waals surface area (Å²) in [5.41, 5.74) is 0.823. The first kappa shape index (κ1) is 17.9. The molecular formula is C19H25FN2O3. The van der Waals surface area contributed by atoms with Gasteiger partial charge in [-0.25, -0.2) is 4.39 Å². The lowest BCUT2D eigenvalue weighted by Gasteiger charge is -2.27. The fourth-order valence-corrected chi connectivity index (χ4v) is 3.52. The summed E-state index contributed by atoms with van der Waals surface area (Å²) in [4.78, 5) is 26.3. The second-order valence-electron chi connectivity index (χ2n) is 6.77. The van der Waals surface area contributed by atoms with Crippen molar-refractivity contribution in [1.29, 1.82) is 0 Å². The molecule has 0 aliphatic carbocycles. The molecule has 3 rings (SSSR count). The summed E-state index contributed by atoms with van der Waals surface area (Å²) < 4.78 is 19.0. The van der Waals surface area contributed by atoms with E-state index >= 15 is 0 Å². The van der Waals surface area contributed by atoms with Crippen molar-refractivity contribution in [2.45, 2.75) is 50.7 Å². The zero-order valence-electron chi connectivity index (χ0n) is 14.4. The van der Waals surface area contributed by atoms with Crippen LogP contribution in [0.3, 0.4) is 0 Å². The lowest BCUT2D eigenvalue weighted by Crippen LogP contribution is -2.44. The van der Waals surface area contributed by atoms with Crippen molar-refractivity contribution in [3.05, 3.63) is 35.6 Å². The van der Waals surface area contributed by atoms with Crippen molar-refractivity contribution in [2.75, 3.05) is 19.7 Å². The number of nitrogens with one attached hydrogen (secondary N) is 1. The Morgan fingerprint density at radius 1 is 1.24 bits per heavy atom. The van der Waals surface area contributed by atoms with Crippen LogP contribution in [0.2, 0.25) is 0 Å². The molecule has 1 aromatic carbocycles. The predicted octanol–water partition coefficient (Wildman–Crippen LogP) is 2.56. The molecule has 2 fully saturated rings. The van der Waals surface area contributed by atoms with E-state index in [1.807, 2.05) is 0 Å². The summed E-state index contributed by atoms with van der Waals surface area (Å²) in [7, 11) is 0. The number of carbonyl (C=O) groups is 2. The molecule has 25 heavy (non-hydrogen) atoms. The molecule has 1 aromatic rings. The average Bonchev–Trinajstić information content (AvgIpc) is 3.06. The second kappa shape index (κ2) is 8.43. The standard InChI is InChI=1S/C19H25FN2O3/c20-15-9-7-14(8-10-15)19(16-5-4-12-25-16)21-17(23)13-22-11-3-1-2-6-18(22)24/h7-10,16,19H,1-6,11-13H2,(H,21,23)/t16-,19-/m0/s1. The summed E-state index contributed by atoms with van der Waals surface area (Å²) in [6, 6.07) is 5.82. The Morgan fingerprint density at radius 2 is 2.04 bits per heavy atom. The van der Waals surface area contributed by atoms with E-state index in [0.717, 1.165) is 37.7 Å². The number of nitrogens with zero attached hydrogens (tertiary/aromatic N) is 1. The molecule has 2 aliphatic heterocycles. The summed E-state index contributed by atoms with van der Waals surface area (Å²) in [5.74, 6) is -0.459. The Morgan fingerprint density at radius 3 is 2.76 bits per heavy atom. The van der Waals surface area contributed by atoms with Gasteiger partial charge in [0.25, 0.3) is 0 Å². The third-order valence-corrected chi connectivity index (χ3v) is 4.89. The van der Waals surface area contributed by atoms with Crippen LogP contribution in [0.1, 0.15) is 50.1 Å². The van der Waals surface area contributed by atoms with Gasteiger partial charge < -0.3 is 15.0 Å². The number of halogens is 1. The van der Waals surface area contributed by atoms with Crippen LogP contribution in [0.15, 0.2) is 24.3 Å². The Bertz CT molecular complexity index is 599. The van der Waals surface area contributed by atoms with E-state index in [-0.39, 0.29) is 36.3 Å². The maximum absolute atomic E-state index is 13.2. The highest BCUT2D eigenvalue weighted by Crippen LogP contribution is 2.27. The zero-order chi connectivity index (χ0) is 17.6. The van der Waals surface area contributed by atoms with Gasteiger partial charge in [-0.1, -0.05) is 18.6 Å². The normalized spacial score (nSPS) is 22.5. The minimum absolute atomic E-state index is 0.0445. The van der Waals surface area contributed by atoms with E-state index in [4.69, 9.17) is 4.74 Å². The van der Waals surface area contributed by atoms with Gasteiger partial charge in [-0.05, 0) is 43.4 Å². The summed E-state index contributed by atoms with van der Waals surface area (Å²) in [5, 5.41) is 3.00. The molecule has 0 bridgehead atoms. The van der Waals surface area contributed by atoms with E-state index in [0.29, 0.717) is 19.6 Å². The largest absolute Gasteiger partial charge is 0.376 e. The maximum atomic E-state index is 13.2. The molecule has 6 heteroatoms. The van der Waals surface area contributed by atoms with Gasteiger partial charge >= 0.3 is 0 Å². The molecule has 0 spiro atoms. The highest BCUT2D eigenvalue weighted by Gasteiger charge is 2.29. The van der Waals surface area contributed by atoms with E-state index in [1.165, 1.54) is 12.1 Å². The van der Waals surface area contributed by atoms with Crippen LogP contribution in [-0.2, 0) is 14.3 Å². The van der Waals surface area contributed by atoms with E-state index < -0.39 is 0 Å². The summed E-state index contributed by atoms with van der Waals surface area (Å²) in [6.45, 7) is 1.37. The van der Waals surface area contributed by atoms with Gasteiger partial charge in [0.2, 0.25) is 11.8 Å². The first-order valence-corrected chi connectivity index (χ1v) is 9.08. The molecular weight excluding hydrogens is 323 g/mol. The lowest BCUT2D eigenvalue weighted by atomic mass is 9.99. The third-order valence-electron chi connectivity index (χ3n) is 4.89. The molecule has 0 aromatic heterocycles. The number of ether oxygens (including phenoxy) is 1. The number of carbonyl (C=O) groups excluding carboxylic acids is 2. The molecule has 2 atom stereocenters. The van der Waals surface area contributed by atoms with Gasteiger partial charge in [0, 0.05) is 19.6 Å². The minimum atomic E-state index is -0.322. The number of benzene rings is 1. The van der Waals surface area contributed by atoms with Crippen molar-refractivity contribution in [2.24, 2.45) is 0 Å². The van der Waals surface area contributed by atoms with Gasteiger partial charge in [-0.15, -0.1) is 0 Å². The maximum Gasteiger partial charge on any atom is 0.240 e. The predicted molar refractivity (Wildman–Crippen MR) is 91.3 cm³/mol. The Labute approximate surface area is 147 Å². The molecule has 2 saturated heterocycles. The van der Waals surface area contributed by atoms with Crippen LogP contribution < -0.4 is 5.32 Å². The summed E-state index contributed by atoms with van der Waals surface area (Å²) in [6.07, 6.45) is 5.05. The number of hydrogen-bond acceptors (Lipinski definition) is 3. The number of hydrogen-bond donors (Lipinski definition) is 1. The fraction of sp³-hybridized carbons (Fsp3) is 0.579. The van der Waals surface area contributed by atoms with Crippen LogP contribution >= 0.6 is 0 Å². The quantitative estimate of drug-likeness (QED) is 0.890. The molecule has 0 unspecified atom stereocenters. The first-order valence-electron chi connectivity index (χ1n) is 9.08. The average molecular weight is 348 g/mol. The molecule has 2 amide bonds. The number of likely N-dealkylation sites (tertiary alicyclic amines) is 1. The highest BCUT2D eigenvalue weighted by molar-refractivity contribution is 5.85. The van der Waals surface area contributed by atoms with E-state index in [1.54, 1.807) is 17.0 Å². The van der Waals surface area contributed by atoms with Crippen molar-refractivity contribution in [1.82, 2.24) is 10.2 Å². The molecule has 1 N–H and O–H groups in total. The molecule has 136 valence electrons. The van der Waals surface area contributed by atoms with Crippen molar-refractivity contribution in [3.63, 3.8) is 0 Å². The molecule has 2 aliphatic rings. The first-order chi connectivity index (χ1) is 12.1. The van der Waals surface area contributed by atoms with Crippen LogP contribution in [0.5, 0.6) is 0 Å². The lowest BCUT2D eigenvalue weighted by molar-refractivity contribution is -0.136. The monoisotopic (exact) mass is 348 g/mol. The van der Waals surface area contributed by atoms with Crippen molar-refractivity contribution < 1.29 is 18.7 Å². The Kier molecular flexibility index (Phi) is 6.02. The van der Waals surface area contributed by atoms with Crippen LogP contribution in [0.4, 0.5) is 4.39 Å². The zero-order valence-corrected chi connectivity index (χ0v) is 14.4. The van der Waals surface area contributed by atoms with Crippen molar-refractivity contribution in [3.8, 4) is 0 Å². The van der Waals surface area contributed by atoms with Crippen LogP contribution in [0, 0.1) is 5.82 Å². The van der Waals surface area contributed by atoms with Crippen molar-refractivity contribution >= 4 is 11.8 Å². The number of rotatable bonds is 5. The fourth-order valence-electron chi connectivity index (χ4n) is 3.52. The highest BCUT2D eigenvalue weighted by atomic mass is 19.1. The molecule has 2 heterocycles. The van der Waals surface area contributed by atoms with Gasteiger partial charge in [0.1, 0.15) is 5.82 Å². The van der Waals surface area contributed by atoms with Crippen LogP contribution in [0.25, 0.3) is 0 Å². The second-order valence-corrected chi connectivity index (χ2v) is 6.77. The van der Waals surface area contributed by atoms with Gasteiger partial charge in [-0.2, -0.15) is 0 Å². The van der Waals surface area contributed by atoms with Crippen LogP contribution in [-0.4, -0.2) is 42.5 Å². The smallest absolute Gasteiger partial charge is 0.240 e. The minimum Gasteiger partial charge on any atom is -0.376 e. The Hall–Kier alpha value is -1.95. The molecule has 0 saturated carbocycles. The summed E-state index contributed by atoms with van der Waals surface area (Å²) >= 11 is 0. The van der Waals surface area contributed by atoms with Gasteiger partial charge in [0.15, 0.2) is 0 Å². The SMILES string of the molecule is O=C(CN1CCCCCC1=O)N[C@@H](c1ccc(F)cc1)[C@@H]1CCCO1. The van der Waals surface area contributed by atoms with Gasteiger partial charge in [-0.3, -0.25) is 9.59 Å².